The number of rotatable bonds is 1. The molecule has 0 spiro atoms. The van der Waals surface area contributed by atoms with Crippen LogP contribution in [-0.2, 0) is 9.59 Å². The lowest BCUT2D eigenvalue weighted by atomic mass is 9.92. The first-order valence-electron chi connectivity index (χ1n) is 6.43. The number of aryl methyl sites for hydroxylation is 3. The first-order chi connectivity index (χ1) is 8.82. The Morgan fingerprint density at radius 3 is 2.05 bits per heavy atom. The van der Waals surface area contributed by atoms with E-state index in [4.69, 9.17) is 0 Å². The lowest BCUT2D eigenvalue weighted by molar-refractivity contribution is -0.156. The van der Waals surface area contributed by atoms with Crippen molar-refractivity contribution < 1.29 is 9.59 Å². The molecule has 102 valence electrons. The van der Waals surface area contributed by atoms with Crippen LogP contribution in [0.5, 0.6) is 0 Å². The molecule has 1 aliphatic rings. The molecule has 0 bridgehead atoms. The summed E-state index contributed by atoms with van der Waals surface area (Å²) in [5, 5.41) is 0. The van der Waals surface area contributed by atoms with E-state index >= 15 is 0 Å². The third kappa shape index (κ3) is 2.23. The first kappa shape index (κ1) is 13.6. The van der Waals surface area contributed by atoms with Gasteiger partial charge in [-0.2, -0.15) is 0 Å². The average Bonchev–Trinajstić information content (AvgIpc) is 2.31. The van der Waals surface area contributed by atoms with Gasteiger partial charge in [0.2, 0.25) is 0 Å². The Morgan fingerprint density at radius 2 is 1.53 bits per heavy atom. The minimum Gasteiger partial charge on any atom is -0.335 e. The van der Waals surface area contributed by atoms with Crippen LogP contribution in [0.3, 0.4) is 0 Å². The van der Waals surface area contributed by atoms with Gasteiger partial charge in [0.05, 0.1) is 6.04 Å². The van der Waals surface area contributed by atoms with Gasteiger partial charge in [0.15, 0.2) is 0 Å². The summed E-state index contributed by atoms with van der Waals surface area (Å²) in [7, 11) is 3.38. The molecular formula is C15H20N2O2. The summed E-state index contributed by atoms with van der Waals surface area (Å²) in [5.41, 5.74) is 4.71. The van der Waals surface area contributed by atoms with Crippen molar-refractivity contribution in [3.8, 4) is 0 Å². The summed E-state index contributed by atoms with van der Waals surface area (Å²) in [6.45, 7) is 6.73. The van der Waals surface area contributed by atoms with Crippen molar-refractivity contribution in [1.29, 1.82) is 0 Å². The van der Waals surface area contributed by atoms with Crippen molar-refractivity contribution in [2.75, 3.05) is 20.6 Å². The Bertz CT molecular complexity index is 528. The molecule has 4 nitrogen and oxygen atoms in total. The van der Waals surface area contributed by atoms with E-state index in [-0.39, 0.29) is 6.04 Å². The third-order valence-corrected chi connectivity index (χ3v) is 3.84. The zero-order valence-electron chi connectivity index (χ0n) is 12.2. The molecule has 1 unspecified atom stereocenters. The summed E-state index contributed by atoms with van der Waals surface area (Å²) in [5.74, 6) is -0.862. The highest BCUT2D eigenvalue weighted by Crippen LogP contribution is 2.30. The lowest BCUT2D eigenvalue weighted by Crippen LogP contribution is -2.53. The minimum absolute atomic E-state index is 0.0594. The van der Waals surface area contributed by atoms with Gasteiger partial charge in [0.25, 0.3) is 0 Å². The van der Waals surface area contributed by atoms with Crippen LogP contribution in [0.4, 0.5) is 0 Å². The normalized spacial score (nSPS) is 20.2. The maximum absolute atomic E-state index is 11.9. The Morgan fingerprint density at radius 1 is 1.00 bits per heavy atom. The molecule has 0 aliphatic carbocycles. The number of hydrogen-bond acceptors (Lipinski definition) is 2. The highest BCUT2D eigenvalue weighted by atomic mass is 16.2. The van der Waals surface area contributed by atoms with Crippen LogP contribution >= 0.6 is 0 Å². The number of carbonyl (C=O) groups is 2. The maximum Gasteiger partial charge on any atom is 0.312 e. The number of amides is 2. The molecule has 1 aromatic carbocycles. The van der Waals surface area contributed by atoms with Gasteiger partial charge < -0.3 is 9.80 Å². The molecule has 4 heteroatoms. The van der Waals surface area contributed by atoms with E-state index in [2.05, 4.69) is 32.9 Å². The van der Waals surface area contributed by atoms with Crippen molar-refractivity contribution in [1.82, 2.24) is 9.80 Å². The minimum atomic E-state index is -0.432. The second kappa shape index (κ2) is 4.68. The van der Waals surface area contributed by atoms with Crippen molar-refractivity contribution in [2.24, 2.45) is 0 Å². The molecule has 1 heterocycles. The van der Waals surface area contributed by atoms with E-state index in [1.165, 1.54) is 21.6 Å². The number of nitrogens with zero attached hydrogens (tertiary/aromatic N) is 2. The molecule has 2 rings (SSSR count). The highest BCUT2D eigenvalue weighted by Gasteiger charge is 2.36. The number of carbonyl (C=O) groups excluding carboxylic acids is 2. The Kier molecular flexibility index (Phi) is 3.35. The van der Waals surface area contributed by atoms with Gasteiger partial charge in [0, 0.05) is 20.6 Å². The molecule has 1 atom stereocenters. The zero-order chi connectivity index (χ0) is 14.3. The smallest absolute Gasteiger partial charge is 0.312 e. The summed E-state index contributed by atoms with van der Waals surface area (Å²) < 4.78 is 0. The van der Waals surface area contributed by atoms with Crippen LogP contribution in [-0.4, -0.2) is 42.3 Å². The molecule has 19 heavy (non-hydrogen) atoms. The monoisotopic (exact) mass is 260 g/mol. The van der Waals surface area contributed by atoms with Gasteiger partial charge >= 0.3 is 11.8 Å². The summed E-state index contributed by atoms with van der Waals surface area (Å²) >= 11 is 0. The fraction of sp³-hybridized carbons (Fsp3) is 0.467. The fourth-order valence-electron chi connectivity index (χ4n) is 2.92. The number of likely N-dealkylation sites (N-methyl/N-ethyl adjacent to an activating group) is 2. The molecule has 1 fully saturated rings. The largest absolute Gasteiger partial charge is 0.335 e. The number of piperazine rings is 1. The molecule has 1 aromatic rings. The highest BCUT2D eigenvalue weighted by molar-refractivity contribution is 6.35. The third-order valence-electron chi connectivity index (χ3n) is 3.84. The molecule has 0 N–H and O–H groups in total. The Balaban J connectivity index is 2.47. The lowest BCUT2D eigenvalue weighted by Gasteiger charge is -2.38. The topological polar surface area (TPSA) is 40.6 Å². The van der Waals surface area contributed by atoms with E-state index in [1.807, 2.05) is 0 Å². The molecule has 0 radical (unpaired) electrons. The van der Waals surface area contributed by atoms with E-state index in [1.54, 1.807) is 19.0 Å². The van der Waals surface area contributed by atoms with E-state index in [0.29, 0.717) is 6.54 Å². The second-order valence-electron chi connectivity index (χ2n) is 5.43. The predicted molar refractivity (Wildman–Crippen MR) is 73.8 cm³/mol. The van der Waals surface area contributed by atoms with Crippen LogP contribution in [0.1, 0.15) is 28.3 Å². The first-order valence-corrected chi connectivity index (χ1v) is 6.43. The SMILES string of the molecule is Cc1cc(C)c(C2CN(C)C(=O)C(=O)N2C)c(C)c1. The van der Waals surface area contributed by atoms with Crippen LogP contribution in [0.25, 0.3) is 0 Å². The quantitative estimate of drug-likeness (QED) is 0.719. The summed E-state index contributed by atoms with van der Waals surface area (Å²) in [4.78, 5) is 26.7. The van der Waals surface area contributed by atoms with Crippen LogP contribution in [0, 0.1) is 20.8 Å². The van der Waals surface area contributed by atoms with Gasteiger partial charge in [-0.15, -0.1) is 0 Å². The van der Waals surface area contributed by atoms with Crippen molar-refractivity contribution >= 4 is 11.8 Å². The van der Waals surface area contributed by atoms with E-state index < -0.39 is 11.8 Å². The van der Waals surface area contributed by atoms with Gasteiger partial charge in [-0.3, -0.25) is 9.59 Å². The van der Waals surface area contributed by atoms with Gasteiger partial charge in [0.1, 0.15) is 0 Å². The Hall–Kier alpha value is -1.84. The van der Waals surface area contributed by atoms with E-state index in [9.17, 15) is 9.59 Å². The van der Waals surface area contributed by atoms with E-state index in [0.717, 1.165) is 5.56 Å². The second-order valence-corrected chi connectivity index (χ2v) is 5.43. The van der Waals surface area contributed by atoms with Crippen LogP contribution in [0.2, 0.25) is 0 Å². The molecule has 1 aliphatic heterocycles. The van der Waals surface area contributed by atoms with Gasteiger partial charge in [-0.25, -0.2) is 0 Å². The van der Waals surface area contributed by atoms with Gasteiger partial charge in [-0.1, -0.05) is 17.7 Å². The number of hydrogen-bond donors (Lipinski definition) is 0. The predicted octanol–water partition coefficient (Wildman–Crippen LogP) is 1.58. The average molecular weight is 260 g/mol. The Labute approximate surface area is 114 Å². The maximum atomic E-state index is 11.9. The standard InChI is InChI=1S/C15H20N2O2/c1-9-6-10(2)13(11(3)7-9)12-8-16(4)14(18)15(19)17(12)5/h6-7,12H,8H2,1-5H3. The fourth-order valence-corrected chi connectivity index (χ4v) is 2.92. The van der Waals surface area contributed by atoms with Crippen molar-refractivity contribution in [2.45, 2.75) is 26.8 Å². The van der Waals surface area contributed by atoms with Crippen molar-refractivity contribution in [3.63, 3.8) is 0 Å². The molecule has 0 aromatic heterocycles. The molecular weight excluding hydrogens is 240 g/mol. The number of benzene rings is 1. The molecule has 2 amide bonds. The summed E-state index contributed by atoms with van der Waals surface area (Å²) in [6, 6.07) is 4.18. The zero-order valence-corrected chi connectivity index (χ0v) is 12.2. The molecule has 0 saturated carbocycles. The van der Waals surface area contributed by atoms with Crippen LogP contribution < -0.4 is 0 Å². The van der Waals surface area contributed by atoms with Crippen molar-refractivity contribution in [3.05, 3.63) is 34.4 Å². The van der Waals surface area contributed by atoms with Gasteiger partial charge in [-0.05, 0) is 37.5 Å². The summed E-state index contributed by atoms with van der Waals surface area (Å²) in [6.07, 6.45) is 0. The van der Waals surface area contributed by atoms with Crippen LogP contribution in [0.15, 0.2) is 12.1 Å². The molecule has 1 saturated heterocycles.